The third-order valence-corrected chi connectivity index (χ3v) is 2.41. The lowest BCUT2D eigenvalue weighted by molar-refractivity contribution is -0.144. The van der Waals surface area contributed by atoms with Crippen molar-refractivity contribution in [1.82, 2.24) is 4.90 Å². The molecule has 0 heterocycles. The summed E-state index contributed by atoms with van der Waals surface area (Å²) in [7, 11) is 0. The van der Waals surface area contributed by atoms with Gasteiger partial charge in [0.2, 0.25) is 5.91 Å². The molecule has 0 saturated carbocycles. The Labute approximate surface area is 102 Å². The van der Waals surface area contributed by atoms with Gasteiger partial charge in [-0.2, -0.15) is 0 Å². The van der Waals surface area contributed by atoms with Crippen molar-refractivity contribution in [3.63, 3.8) is 0 Å². The molecule has 1 amide bonds. The summed E-state index contributed by atoms with van der Waals surface area (Å²) in [4.78, 5) is 23.6. The van der Waals surface area contributed by atoms with E-state index < -0.39 is 12.1 Å². The Bertz CT molecular complexity index is 244. The van der Waals surface area contributed by atoms with Crippen LogP contribution in [0.3, 0.4) is 0 Å². The van der Waals surface area contributed by atoms with E-state index in [0.29, 0.717) is 32.2 Å². The summed E-state index contributed by atoms with van der Waals surface area (Å²) >= 11 is 0. The zero-order chi connectivity index (χ0) is 13.3. The van der Waals surface area contributed by atoms with E-state index >= 15 is 0 Å². The van der Waals surface area contributed by atoms with Crippen molar-refractivity contribution in [3.05, 3.63) is 0 Å². The lowest BCUT2D eigenvalue weighted by atomic mass is 10.1. The number of carbonyl (C=O) groups is 2. The minimum absolute atomic E-state index is 0.152. The second-order valence-electron chi connectivity index (χ2n) is 4.24. The first kappa shape index (κ1) is 15.9. The Balaban J connectivity index is 3.92. The summed E-state index contributed by atoms with van der Waals surface area (Å²) in [5, 5.41) is 8.66. The van der Waals surface area contributed by atoms with Crippen LogP contribution in [0, 0.1) is 0 Å². The van der Waals surface area contributed by atoms with Crippen molar-refractivity contribution in [2.45, 2.75) is 52.1 Å². The van der Waals surface area contributed by atoms with E-state index in [-0.39, 0.29) is 12.5 Å². The number of rotatable bonds is 9. The van der Waals surface area contributed by atoms with Gasteiger partial charge >= 0.3 is 5.97 Å². The number of alkyl halides is 1. The number of hydrogen-bond donors (Lipinski definition) is 1. The Morgan fingerprint density at radius 3 is 2.47 bits per heavy atom. The molecular formula is C12H22FNO3. The van der Waals surface area contributed by atoms with Gasteiger partial charge in [-0.15, -0.1) is 0 Å². The quantitative estimate of drug-likeness (QED) is 0.636. The van der Waals surface area contributed by atoms with E-state index in [1.807, 2.05) is 6.92 Å². The average Bonchev–Trinajstić information content (AvgIpc) is 2.22. The van der Waals surface area contributed by atoms with Crippen molar-refractivity contribution in [1.29, 1.82) is 0 Å². The summed E-state index contributed by atoms with van der Waals surface area (Å²) in [6, 6.07) is 0. The van der Waals surface area contributed by atoms with Crippen molar-refractivity contribution >= 4 is 11.9 Å². The van der Waals surface area contributed by atoms with E-state index in [1.54, 1.807) is 0 Å². The van der Waals surface area contributed by atoms with Crippen LogP contribution in [-0.4, -0.2) is 41.1 Å². The SMILES string of the molecule is CCCN(CC(=O)O)C(=O)CCCCC(C)F. The highest BCUT2D eigenvalue weighted by Crippen LogP contribution is 2.08. The third-order valence-electron chi connectivity index (χ3n) is 2.41. The minimum atomic E-state index is -0.996. The van der Waals surface area contributed by atoms with Crippen LogP contribution in [0.5, 0.6) is 0 Å². The molecule has 0 aliphatic carbocycles. The van der Waals surface area contributed by atoms with Crippen molar-refractivity contribution in [2.75, 3.05) is 13.1 Å². The van der Waals surface area contributed by atoms with Crippen LogP contribution in [0.15, 0.2) is 0 Å². The molecule has 100 valence electrons. The number of aliphatic carboxylic acids is 1. The molecule has 0 radical (unpaired) electrons. The van der Waals surface area contributed by atoms with Crippen LogP contribution in [0.1, 0.15) is 46.0 Å². The van der Waals surface area contributed by atoms with Crippen LogP contribution in [0.4, 0.5) is 4.39 Å². The summed E-state index contributed by atoms with van der Waals surface area (Å²) < 4.78 is 12.5. The molecule has 5 heteroatoms. The number of hydrogen-bond acceptors (Lipinski definition) is 2. The molecule has 0 aromatic heterocycles. The van der Waals surface area contributed by atoms with Crippen LogP contribution < -0.4 is 0 Å². The second kappa shape index (κ2) is 8.96. The predicted octanol–water partition coefficient (Wildman–Crippen LogP) is 2.23. The van der Waals surface area contributed by atoms with Gasteiger partial charge in [-0.1, -0.05) is 13.3 Å². The molecular weight excluding hydrogens is 225 g/mol. The fourth-order valence-electron chi connectivity index (χ4n) is 1.59. The maximum atomic E-state index is 12.5. The van der Waals surface area contributed by atoms with E-state index in [0.717, 1.165) is 6.42 Å². The Morgan fingerprint density at radius 1 is 1.35 bits per heavy atom. The smallest absolute Gasteiger partial charge is 0.323 e. The summed E-state index contributed by atoms with van der Waals surface area (Å²) in [5.74, 6) is -1.15. The highest BCUT2D eigenvalue weighted by molar-refractivity contribution is 5.81. The lowest BCUT2D eigenvalue weighted by Gasteiger charge is -2.19. The van der Waals surface area contributed by atoms with Gasteiger partial charge in [0.05, 0.1) is 6.17 Å². The molecule has 0 spiro atoms. The number of halogens is 1. The van der Waals surface area contributed by atoms with Crippen LogP contribution in [0.2, 0.25) is 0 Å². The molecule has 0 aliphatic rings. The highest BCUT2D eigenvalue weighted by Gasteiger charge is 2.15. The van der Waals surface area contributed by atoms with Crippen molar-refractivity contribution < 1.29 is 19.1 Å². The van der Waals surface area contributed by atoms with Crippen LogP contribution >= 0.6 is 0 Å². The molecule has 1 unspecified atom stereocenters. The van der Waals surface area contributed by atoms with Crippen LogP contribution in [-0.2, 0) is 9.59 Å². The monoisotopic (exact) mass is 247 g/mol. The van der Waals surface area contributed by atoms with E-state index in [4.69, 9.17) is 5.11 Å². The Kier molecular flexibility index (Phi) is 8.36. The zero-order valence-corrected chi connectivity index (χ0v) is 10.6. The van der Waals surface area contributed by atoms with E-state index in [2.05, 4.69) is 0 Å². The van der Waals surface area contributed by atoms with Gasteiger partial charge < -0.3 is 10.0 Å². The van der Waals surface area contributed by atoms with Gasteiger partial charge in [0.1, 0.15) is 6.54 Å². The van der Waals surface area contributed by atoms with E-state index in [1.165, 1.54) is 11.8 Å². The molecule has 17 heavy (non-hydrogen) atoms. The number of amides is 1. The van der Waals surface area contributed by atoms with Crippen LogP contribution in [0.25, 0.3) is 0 Å². The number of carbonyl (C=O) groups excluding carboxylic acids is 1. The van der Waals surface area contributed by atoms with Gasteiger partial charge in [0.25, 0.3) is 0 Å². The molecule has 0 aliphatic heterocycles. The standard InChI is InChI=1S/C12H22FNO3/c1-3-8-14(9-12(16)17)11(15)7-5-4-6-10(2)13/h10H,3-9H2,1-2H3,(H,16,17). The van der Waals surface area contributed by atoms with Gasteiger partial charge in [0, 0.05) is 13.0 Å². The zero-order valence-electron chi connectivity index (χ0n) is 10.6. The molecule has 0 bridgehead atoms. The molecule has 0 fully saturated rings. The maximum Gasteiger partial charge on any atom is 0.323 e. The van der Waals surface area contributed by atoms with Crippen molar-refractivity contribution in [3.8, 4) is 0 Å². The lowest BCUT2D eigenvalue weighted by Crippen LogP contribution is -2.36. The summed E-state index contributed by atoms with van der Waals surface area (Å²) in [6.07, 6.45) is 1.94. The topological polar surface area (TPSA) is 57.6 Å². The van der Waals surface area contributed by atoms with Gasteiger partial charge in [-0.05, 0) is 26.2 Å². The fraction of sp³-hybridized carbons (Fsp3) is 0.833. The normalized spacial score (nSPS) is 12.2. The molecule has 4 nitrogen and oxygen atoms in total. The fourth-order valence-corrected chi connectivity index (χ4v) is 1.59. The number of carboxylic acid groups (broad SMARTS) is 1. The molecule has 0 aromatic carbocycles. The average molecular weight is 247 g/mol. The first-order valence-corrected chi connectivity index (χ1v) is 6.11. The largest absolute Gasteiger partial charge is 0.480 e. The van der Waals surface area contributed by atoms with E-state index in [9.17, 15) is 14.0 Å². The predicted molar refractivity (Wildman–Crippen MR) is 63.5 cm³/mol. The third kappa shape index (κ3) is 8.65. The Morgan fingerprint density at radius 2 is 2.00 bits per heavy atom. The summed E-state index contributed by atoms with van der Waals surface area (Å²) in [6.45, 7) is 3.61. The molecule has 0 aromatic rings. The first-order chi connectivity index (χ1) is 7.97. The molecule has 0 rings (SSSR count). The van der Waals surface area contributed by atoms with Gasteiger partial charge in [-0.25, -0.2) is 4.39 Å². The molecule has 0 saturated heterocycles. The second-order valence-corrected chi connectivity index (χ2v) is 4.24. The maximum absolute atomic E-state index is 12.5. The Hall–Kier alpha value is -1.13. The molecule has 1 N–H and O–H groups in total. The number of nitrogens with zero attached hydrogens (tertiary/aromatic N) is 1. The number of carboxylic acids is 1. The number of unbranched alkanes of at least 4 members (excludes halogenated alkanes) is 1. The van der Waals surface area contributed by atoms with Crippen molar-refractivity contribution in [2.24, 2.45) is 0 Å². The van der Waals surface area contributed by atoms with Gasteiger partial charge in [0.15, 0.2) is 0 Å². The first-order valence-electron chi connectivity index (χ1n) is 6.11. The minimum Gasteiger partial charge on any atom is -0.480 e. The van der Waals surface area contributed by atoms with Gasteiger partial charge in [-0.3, -0.25) is 9.59 Å². The molecule has 1 atom stereocenters. The summed E-state index contributed by atoms with van der Waals surface area (Å²) in [5.41, 5.74) is 0. The highest BCUT2D eigenvalue weighted by atomic mass is 19.1.